The molecule has 1 aromatic carbocycles. The lowest BCUT2D eigenvalue weighted by Gasteiger charge is -2.23. The van der Waals surface area contributed by atoms with Gasteiger partial charge >= 0.3 is 0 Å². The summed E-state index contributed by atoms with van der Waals surface area (Å²) in [5, 5.41) is 3.60. The topological polar surface area (TPSA) is 30.5 Å². The summed E-state index contributed by atoms with van der Waals surface area (Å²) in [7, 11) is 1.74. The molecule has 0 aromatic heterocycles. The number of rotatable bonds is 8. The average Bonchev–Trinajstić information content (AvgIpc) is 3.21. The Morgan fingerprint density at radius 2 is 1.90 bits per heavy atom. The number of methoxy groups -OCH3 is 1. The van der Waals surface area contributed by atoms with Crippen LogP contribution in [0.15, 0.2) is 24.3 Å². The van der Waals surface area contributed by atoms with Crippen LogP contribution in [0.5, 0.6) is 5.75 Å². The SMILES string of the molecule is COc1ccccc1C(CNC1CC1)OCC1CCCC1. The van der Waals surface area contributed by atoms with E-state index in [0.717, 1.165) is 24.8 Å². The monoisotopic (exact) mass is 289 g/mol. The molecule has 0 heterocycles. The van der Waals surface area contributed by atoms with Gasteiger partial charge in [0.25, 0.3) is 0 Å². The van der Waals surface area contributed by atoms with Gasteiger partial charge in [-0.1, -0.05) is 31.0 Å². The molecule has 1 N–H and O–H groups in total. The van der Waals surface area contributed by atoms with Crippen molar-refractivity contribution in [2.75, 3.05) is 20.3 Å². The van der Waals surface area contributed by atoms with E-state index in [1.807, 2.05) is 12.1 Å². The number of hydrogen-bond acceptors (Lipinski definition) is 3. The van der Waals surface area contributed by atoms with Crippen LogP contribution in [0.3, 0.4) is 0 Å². The van der Waals surface area contributed by atoms with Gasteiger partial charge in [0.05, 0.1) is 19.8 Å². The van der Waals surface area contributed by atoms with Crippen LogP contribution < -0.4 is 10.1 Å². The molecule has 21 heavy (non-hydrogen) atoms. The molecule has 0 aliphatic heterocycles. The van der Waals surface area contributed by atoms with Crippen molar-refractivity contribution in [3.8, 4) is 5.75 Å². The molecule has 0 saturated heterocycles. The molecule has 2 aliphatic carbocycles. The number of ether oxygens (including phenoxy) is 2. The normalized spacial score (nSPS) is 20.6. The summed E-state index contributed by atoms with van der Waals surface area (Å²) >= 11 is 0. The van der Waals surface area contributed by atoms with Crippen molar-refractivity contribution in [3.05, 3.63) is 29.8 Å². The molecular weight excluding hydrogens is 262 g/mol. The molecule has 0 radical (unpaired) electrons. The van der Waals surface area contributed by atoms with E-state index in [-0.39, 0.29) is 6.10 Å². The predicted molar refractivity (Wildman–Crippen MR) is 84.7 cm³/mol. The summed E-state index contributed by atoms with van der Waals surface area (Å²) in [5.74, 6) is 1.69. The average molecular weight is 289 g/mol. The van der Waals surface area contributed by atoms with Gasteiger partial charge in [-0.3, -0.25) is 0 Å². The van der Waals surface area contributed by atoms with Crippen molar-refractivity contribution >= 4 is 0 Å². The highest BCUT2D eigenvalue weighted by molar-refractivity contribution is 5.35. The van der Waals surface area contributed by atoms with Crippen LogP contribution >= 0.6 is 0 Å². The molecule has 2 fully saturated rings. The highest BCUT2D eigenvalue weighted by Crippen LogP contribution is 2.31. The smallest absolute Gasteiger partial charge is 0.124 e. The first-order valence-electron chi connectivity index (χ1n) is 8.34. The van der Waals surface area contributed by atoms with E-state index in [9.17, 15) is 0 Å². The van der Waals surface area contributed by atoms with E-state index in [1.54, 1.807) is 7.11 Å². The van der Waals surface area contributed by atoms with Crippen LogP contribution in [-0.2, 0) is 4.74 Å². The largest absolute Gasteiger partial charge is 0.496 e. The van der Waals surface area contributed by atoms with Gasteiger partial charge in [0, 0.05) is 18.2 Å². The molecule has 3 nitrogen and oxygen atoms in total. The Bertz CT molecular complexity index is 439. The zero-order chi connectivity index (χ0) is 14.5. The number of nitrogens with one attached hydrogen (secondary N) is 1. The summed E-state index contributed by atoms with van der Waals surface area (Å²) in [6.07, 6.45) is 8.11. The highest BCUT2D eigenvalue weighted by Gasteiger charge is 2.25. The highest BCUT2D eigenvalue weighted by atomic mass is 16.5. The van der Waals surface area contributed by atoms with Crippen LogP contribution in [-0.4, -0.2) is 26.3 Å². The second-order valence-electron chi connectivity index (χ2n) is 6.40. The van der Waals surface area contributed by atoms with Crippen molar-refractivity contribution < 1.29 is 9.47 Å². The first kappa shape index (κ1) is 14.9. The Labute approximate surface area is 128 Å². The molecule has 1 atom stereocenters. The van der Waals surface area contributed by atoms with Gasteiger partial charge in [-0.25, -0.2) is 0 Å². The van der Waals surface area contributed by atoms with Gasteiger partial charge in [-0.2, -0.15) is 0 Å². The van der Waals surface area contributed by atoms with E-state index in [4.69, 9.17) is 9.47 Å². The maximum Gasteiger partial charge on any atom is 0.124 e. The molecule has 2 saturated carbocycles. The molecule has 0 spiro atoms. The van der Waals surface area contributed by atoms with Gasteiger partial charge in [-0.05, 0) is 37.7 Å². The van der Waals surface area contributed by atoms with E-state index in [2.05, 4.69) is 17.4 Å². The lowest BCUT2D eigenvalue weighted by atomic mass is 10.1. The lowest BCUT2D eigenvalue weighted by Crippen LogP contribution is -2.26. The fraction of sp³-hybridized carbons (Fsp3) is 0.667. The third-order valence-electron chi connectivity index (χ3n) is 4.66. The number of para-hydroxylation sites is 1. The maximum absolute atomic E-state index is 6.29. The molecule has 0 amide bonds. The van der Waals surface area contributed by atoms with Crippen molar-refractivity contribution in [3.63, 3.8) is 0 Å². The first-order chi connectivity index (χ1) is 10.4. The Hall–Kier alpha value is -1.06. The summed E-state index contributed by atoms with van der Waals surface area (Å²) in [6.45, 7) is 1.77. The minimum atomic E-state index is 0.0994. The molecule has 2 aliphatic rings. The fourth-order valence-corrected chi connectivity index (χ4v) is 3.18. The molecule has 116 valence electrons. The Morgan fingerprint density at radius 3 is 2.62 bits per heavy atom. The van der Waals surface area contributed by atoms with Crippen molar-refractivity contribution in [1.82, 2.24) is 5.32 Å². The standard InChI is InChI=1S/C18H27NO2/c1-20-17-9-5-4-8-16(17)18(12-19-15-10-11-15)21-13-14-6-2-3-7-14/h4-5,8-9,14-15,18-19H,2-3,6-7,10-13H2,1H3. The van der Waals surface area contributed by atoms with Gasteiger partial charge in [0.2, 0.25) is 0 Å². The summed E-state index contributed by atoms with van der Waals surface area (Å²) in [5.41, 5.74) is 1.17. The van der Waals surface area contributed by atoms with Crippen LogP contribution in [0.25, 0.3) is 0 Å². The summed E-state index contributed by atoms with van der Waals surface area (Å²) < 4.78 is 11.8. The van der Waals surface area contributed by atoms with Crippen molar-refractivity contribution in [2.45, 2.75) is 50.7 Å². The third kappa shape index (κ3) is 4.21. The first-order valence-corrected chi connectivity index (χ1v) is 8.34. The minimum Gasteiger partial charge on any atom is -0.496 e. The van der Waals surface area contributed by atoms with Crippen molar-refractivity contribution in [2.24, 2.45) is 5.92 Å². The molecule has 1 aromatic rings. The van der Waals surface area contributed by atoms with Crippen LogP contribution in [0.2, 0.25) is 0 Å². The minimum absolute atomic E-state index is 0.0994. The van der Waals surface area contributed by atoms with Gasteiger partial charge < -0.3 is 14.8 Å². The lowest BCUT2D eigenvalue weighted by molar-refractivity contribution is 0.0279. The van der Waals surface area contributed by atoms with Gasteiger partial charge in [0.1, 0.15) is 5.75 Å². The molecule has 1 unspecified atom stereocenters. The quantitative estimate of drug-likeness (QED) is 0.791. The molecule has 3 heteroatoms. The van der Waals surface area contributed by atoms with E-state index in [1.165, 1.54) is 44.1 Å². The maximum atomic E-state index is 6.29. The zero-order valence-corrected chi connectivity index (χ0v) is 13.0. The Balaban J connectivity index is 1.64. The summed E-state index contributed by atoms with van der Waals surface area (Å²) in [4.78, 5) is 0. The van der Waals surface area contributed by atoms with Crippen LogP contribution in [0.1, 0.15) is 50.2 Å². The molecule has 3 rings (SSSR count). The number of benzene rings is 1. The second-order valence-corrected chi connectivity index (χ2v) is 6.40. The molecular formula is C18H27NO2. The van der Waals surface area contributed by atoms with E-state index in [0.29, 0.717) is 6.04 Å². The van der Waals surface area contributed by atoms with Gasteiger partial charge in [-0.15, -0.1) is 0 Å². The summed E-state index contributed by atoms with van der Waals surface area (Å²) in [6, 6.07) is 8.95. The van der Waals surface area contributed by atoms with Crippen LogP contribution in [0, 0.1) is 5.92 Å². The Kier molecular flexibility index (Phi) is 5.15. The van der Waals surface area contributed by atoms with Crippen molar-refractivity contribution in [1.29, 1.82) is 0 Å². The zero-order valence-electron chi connectivity index (χ0n) is 13.0. The fourth-order valence-electron chi connectivity index (χ4n) is 3.18. The Morgan fingerprint density at radius 1 is 1.14 bits per heavy atom. The molecule has 0 bridgehead atoms. The van der Waals surface area contributed by atoms with Crippen LogP contribution in [0.4, 0.5) is 0 Å². The van der Waals surface area contributed by atoms with E-state index >= 15 is 0 Å². The number of hydrogen-bond donors (Lipinski definition) is 1. The second kappa shape index (κ2) is 7.28. The third-order valence-corrected chi connectivity index (χ3v) is 4.66. The van der Waals surface area contributed by atoms with Gasteiger partial charge in [0.15, 0.2) is 0 Å². The predicted octanol–water partition coefficient (Wildman–Crippen LogP) is 3.70. The van der Waals surface area contributed by atoms with E-state index < -0.39 is 0 Å².